The summed E-state index contributed by atoms with van der Waals surface area (Å²) >= 11 is 0. The number of piperidine rings is 3. The van der Waals surface area contributed by atoms with Crippen molar-refractivity contribution in [1.82, 2.24) is 29.8 Å². The zero-order chi connectivity index (χ0) is 45.1. The van der Waals surface area contributed by atoms with Crippen molar-refractivity contribution >= 4 is 68.5 Å². The number of pyridine rings is 1. The molecule has 5 aromatic rings. The van der Waals surface area contributed by atoms with E-state index in [4.69, 9.17) is 4.74 Å². The zero-order valence-corrected chi connectivity index (χ0v) is 37.6. The number of carbonyl (C=O) groups is 4. The van der Waals surface area contributed by atoms with Crippen molar-refractivity contribution in [3.63, 3.8) is 0 Å². The van der Waals surface area contributed by atoms with E-state index in [0.29, 0.717) is 47.8 Å². The first-order valence-electron chi connectivity index (χ1n) is 21.5. The number of hydrogen-bond acceptors (Lipinski definition) is 10. The first kappa shape index (κ1) is 47.0. The minimum absolute atomic E-state index is 0. The van der Waals surface area contributed by atoms with Gasteiger partial charge < -0.3 is 24.8 Å². The summed E-state index contributed by atoms with van der Waals surface area (Å²) in [6, 6.07) is 19.4. The van der Waals surface area contributed by atoms with Crippen LogP contribution in [-0.2, 0) is 24.6 Å². The van der Waals surface area contributed by atoms with Crippen LogP contribution in [0.25, 0.3) is 22.2 Å². The topological polar surface area (TPSA) is 186 Å². The highest BCUT2D eigenvalue weighted by Gasteiger charge is 2.30. The molecule has 0 saturated carbocycles. The zero-order valence-electron chi connectivity index (χ0n) is 35.9. The number of fused-ring (bicyclic) bond motifs is 1. The van der Waals surface area contributed by atoms with Crippen LogP contribution in [0.5, 0.6) is 5.75 Å². The van der Waals surface area contributed by atoms with E-state index in [1.165, 1.54) is 18.8 Å². The SMILES string of the molecule is CCN(C)S(=O)(=O)Nc1ccc(F)c(C(=O)c2c[nH]c3ncc(-c4ccc(N5CCC(NCC(=O)N6CCC(c7ccc(OC8CCC(=O)NC8=O)cc7)CC6)CC5)cc4)cc23)c1F.Cl. The lowest BCUT2D eigenvalue weighted by Crippen LogP contribution is -2.48. The van der Waals surface area contributed by atoms with Crippen LogP contribution in [0, 0.1) is 11.6 Å². The number of benzene rings is 3. The molecule has 65 heavy (non-hydrogen) atoms. The highest BCUT2D eigenvalue weighted by atomic mass is 35.5. The van der Waals surface area contributed by atoms with Gasteiger partial charge in [-0.2, -0.15) is 12.7 Å². The van der Waals surface area contributed by atoms with Crippen LogP contribution in [0.3, 0.4) is 0 Å². The number of rotatable bonds is 14. The van der Waals surface area contributed by atoms with Gasteiger partial charge in [0.25, 0.3) is 5.91 Å². The van der Waals surface area contributed by atoms with Crippen molar-refractivity contribution in [2.45, 2.75) is 63.5 Å². The average Bonchev–Trinajstić information content (AvgIpc) is 3.74. The Labute approximate surface area is 381 Å². The molecule has 0 aliphatic carbocycles. The number of aromatic amines is 1. The second kappa shape index (κ2) is 20.1. The summed E-state index contributed by atoms with van der Waals surface area (Å²) in [6.07, 6.45) is 6.39. The third-order valence-corrected chi connectivity index (χ3v) is 14.0. The maximum Gasteiger partial charge on any atom is 0.301 e. The molecule has 3 saturated heterocycles. The van der Waals surface area contributed by atoms with E-state index in [2.05, 4.69) is 30.2 Å². The molecular formula is C46H51ClF2N8O7S. The highest BCUT2D eigenvalue weighted by Crippen LogP contribution is 2.33. The van der Waals surface area contributed by atoms with E-state index in [9.17, 15) is 27.6 Å². The smallest absolute Gasteiger partial charge is 0.301 e. The molecule has 344 valence electrons. The molecule has 4 N–H and O–H groups in total. The molecule has 3 fully saturated rings. The standard InChI is InChI=1S/C46H50F2N8O7S.ClH/c1-3-54(2)64(61,62)53-38-13-12-37(47)42(43(38)48)44(59)36-26-51-45-35(36)24-31(25-50-45)29-4-8-33(9-5-29)55-22-18-32(19-23-55)49-27-41(58)56-20-16-30(17-21-56)28-6-10-34(11-7-28)63-39-14-15-40(57)52-46(39)60;/h4-13,24-26,30,32,39,49,53H,3,14-23,27H2,1-2H3,(H,50,51)(H,52,57,60);1H. The number of aromatic nitrogens is 2. The van der Waals surface area contributed by atoms with Crippen molar-refractivity contribution < 1.29 is 41.1 Å². The molecule has 1 atom stereocenters. The fourth-order valence-electron chi connectivity index (χ4n) is 8.49. The fourth-order valence-corrected chi connectivity index (χ4v) is 9.42. The Bertz CT molecular complexity index is 2670. The molecule has 19 heteroatoms. The molecule has 1 unspecified atom stereocenters. The predicted octanol–water partition coefficient (Wildman–Crippen LogP) is 5.92. The van der Waals surface area contributed by atoms with Gasteiger partial charge in [-0.25, -0.2) is 13.8 Å². The molecule has 2 aromatic heterocycles. The average molecular weight is 933 g/mol. The lowest BCUT2D eigenvalue weighted by Gasteiger charge is -2.35. The summed E-state index contributed by atoms with van der Waals surface area (Å²) in [5.74, 6) is -3.10. The number of anilines is 2. The molecule has 0 radical (unpaired) electrons. The Kier molecular flexibility index (Phi) is 14.5. The number of imide groups is 1. The lowest BCUT2D eigenvalue weighted by atomic mass is 9.89. The molecule has 15 nitrogen and oxygen atoms in total. The summed E-state index contributed by atoms with van der Waals surface area (Å²) in [4.78, 5) is 61.9. The fraction of sp³-hybridized carbons (Fsp3) is 0.370. The number of amides is 3. The lowest BCUT2D eigenvalue weighted by molar-refractivity contribution is -0.139. The number of H-pyrrole nitrogens is 1. The summed E-state index contributed by atoms with van der Waals surface area (Å²) in [6.45, 7) is 4.98. The van der Waals surface area contributed by atoms with Crippen molar-refractivity contribution in [3.8, 4) is 16.9 Å². The van der Waals surface area contributed by atoms with E-state index < -0.39 is 50.9 Å². The first-order valence-corrected chi connectivity index (χ1v) is 22.9. The van der Waals surface area contributed by atoms with E-state index >= 15 is 8.78 Å². The molecule has 3 aliphatic heterocycles. The van der Waals surface area contributed by atoms with Gasteiger partial charge in [0, 0.05) is 93.2 Å². The van der Waals surface area contributed by atoms with Crippen LogP contribution in [-0.4, -0.2) is 110 Å². The van der Waals surface area contributed by atoms with Gasteiger partial charge >= 0.3 is 10.2 Å². The van der Waals surface area contributed by atoms with Gasteiger partial charge in [-0.15, -0.1) is 12.4 Å². The number of carbonyl (C=O) groups excluding carboxylic acids is 4. The largest absolute Gasteiger partial charge is 0.481 e. The van der Waals surface area contributed by atoms with Crippen LogP contribution >= 0.6 is 12.4 Å². The van der Waals surface area contributed by atoms with E-state index in [-0.39, 0.29) is 55.3 Å². The number of ether oxygens (including phenoxy) is 1. The Morgan fingerprint density at radius 1 is 0.923 bits per heavy atom. The van der Waals surface area contributed by atoms with Crippen molar-refractivity contribution in [1.29, 1.82) is 0 Å². The summed E-state index contributed by atoms with van der Waals surface area (Å²) in [5, 5.41) is 6.15. The predicted molar refractivity (Wildman–Crippen MR) is 244 cm³/mol. The number of likely N-dealkylation sites (tertiary alicyclic amines) is 1. The third-order valence-electron chi connectivity index (χ3n) is 12.5. The van der Waals surface area contributed by atoms with Crippen molar-refractivity contribution in [2.75, 3.05) is 55.9 Å². The van der Waals surface area contributed by atoms with E-state index in [0.717, 1.165) is 66.5 Å². The number of halogens is 3. The van der Waals surface area contributed by atoms with Gasteiger partial charge in [-0.05, 0) is 85.2 Å². The van der Waals surface area contributed by atoms with Gasteiger partial charge in [-0.1, -0.05) is 31.2 Å². The minimum atomic E-state index is -4.14. The number of ketones is 1. The maximum absolute atomic E-state index is 15.6. The van der Waals surface area contributed by atoms with Gasteiger partial charge in [-0.3, -0.25) is 29.2 Å². The van der Waals surface area contributed by atoms with Crippen LogP contribution in [0.15, 0.2) is 79.1 Å². The second-order valence-corrected chi connectivity index (χ2v) is 18.2. The Morgan fingerprint density at radius 3 is 2.31 bits per heavy atom. The highest BCUT2D eigenvalue weighted by molar-refractivity contribution is 7.90. The minimum Gasteiger partial charge on any atom is -0.481 e. The normalized spacial score (nSPS) is 17.5. The molecular weight excluding hydrogens is 882 g/mol. The summed E-state index contributed by atoms with van der Waals surface area (Å²) < 4.78 is 64.6. The van der Waals surface area contributed by atoms with Gasteiger partial charge in [0.15, 0.2) is 11.9 Å². The molecule has 5 heterocycles. The van der Waals surface area contributed by atoms with Gasteiger partial charge in [0.1, 0.15) is 17.2 Å². The molecule has 3 aliphatic rings. The Hall–Kier alpha value is -5.95. The van der Waals surface area contributed by atoms with E-state index in [1.807, 2.05) is 53.4 Å². The van der Waals surface area contributed by atoms with Crippen molar-refractivity contribution in [2.24, 2.45) is 0 Å². The van der Waals surface area contributed by atoms with Gasteiger partial charge in [0.05, 0.1) is 17.8 Å². The monoisotopic (exact) mass is 932 g/mol. The number of hydrogen-bond donors (Lipinski definition) is 4. The van der Waals surface area contributed by atoms with Crippen LogP contribution in [0.4, 0.5) is 20.2 Å². The van der Waals surface area contributed by atoms with Crippen LogP contribution in [0.1, 0.15) is 72.9 Å². The van der Waals surface area contributed by atoms with Gasteiger partial charge in [0.2, 0.25) is 17.6 Å². The summed E-state index contributed by atoms with van der Waals surface area (Å²) in [5.41, 5.74) is 2.59. The molecule has 3 amide bonds. The maximum atomic E-state index is 15.6. The quantitative estimate of drug-likeness (QED) is 0.0770. The number of nitrogens with one attached hydrogen (secondary N) is 4. The molecule has 0 bridgehead atoms. The second-order valence-electron chi connectivity index (χ2n) is 16.4. The Morgan fingerprint density at radius 2 is 1.63 bits per heavy atom. The van der Waals surface area contributed by atoms with Crippen LogP contribution < -0.4 is 25.0 Å². The molecule has 0 spiro atoms. The van der Waals surface area contributed by atoms with E-state index in [1.54, 1.807) is 19.2 Å². The number of nitrogens with zero attached hydrogens (tertiary/aromatic N) is 4. The van der Waals surface area contributed by atoms with Crippen LogP contribution in [0.2, 0.25) is 0 Å². The molecule has 3 aromatic carbocycles. The third kappa shape index (κ3) is 10.5. The Balaban J connectivity index is 0.00000630. The summed E-state index contributed by atoms with van der Waals surface area (Å²) in [7, 11) is -2.84. The van der Waals surface area contributed by atoms with Crippen molar-refractivity contribution in [3.05, 3.63) is 107 Å². The first-order chi connectivity index (χ1) is 30.8. The molecule has 8 rings (SSSR count).